The highest BCUT2D eigenvalue weighted by molar-refractivity contribution is 5.56. The second-order valence-electron chi connectivity index (χ2n) is 5.56. The van der Waals surface area contributed by atoms with Crippen LogP contribution in [0.4, 0.5) is 17.5 Å². The summed E-state index contributed by atoms with van der Waals surface area (Å²) in [6.45, 7) is 6.38. The van der Waals surface area contributed by atoms with Gasteiger partial charge >= 0.3 is 0 Å². The number of benzene rings is 1. The Bertz CT molecular complexity index is 601. The predicted molar refractivity (Wildman–Crippen MR) is 87.3 cm³/mol. The van der Waals surface area contributed by atoms with E-state index in [9.17, 15) is 0 Å². The van der Waals surface area contributed by atoms with Gasteiger partial charge in [-0.25, -0.2) is 4.98 Å². The van der Waals surface area contributed by atoms with Crippen molar-refractivity contribution in [1.82, 2.24) is 9.97 Å². The van der Waals surface area contributed by atoms with E-state index in [0.717, 1.165) is 36.7 Å². The Balaban J connectivity index is 1.80. The van der Waals surface area contributed by atoms with Gasteiger partial charge in [0, 0.05) is 30.5 Å². The standard InChI is InChI=1S/C17H22N4/c1-3-14-6-8-15(9-7-14)19-17-18-13(2)12-16(20-17)21-10-4-5-11-21/h6-9,12H,3-5,10-11H2,1-2H3,(H,18,19,20). The average molecular weight is 282 g/mol. The smallest absolute Gasteiger partial charge is 0.229 e. The summed E-state index contributed by atoms with van der Waals surface area (Å²) < 4.78 is 0. The number of nitrogens with one attached hydrogen (secondary N) is 1. The van der Waals surface area contributed by atoms with Gasteiger partial charge < -0.3 is 10.2 Å². The van der Waals surface area contributed by atoms with Crippen LogP contribution in [0.5, 0.6) is 0 Å². The summed E-state index contributed by atoms with van der Waals surface area (Å²) in [5.74, 6) is 1.72. The first-order valence-corrected chi connectivity index (χ1v) is 7.71. The van der Waals surface area contributed by atoms with Crippen molar-refractivity contribution < 1.29 is 0 Å². The number of hydrogen-bond donors (Lipinski definition) is 1. The first-order valence-electron chi connectivity index (χ1n) is 7.71. The molecule has 1 aliphatic heterocycles. The summed E-state index contributed by atoms with van der Waals surface area (Å²) >= 11 is 0. The first kappa shape index (κ1) is 13.9. The summed E-state index contributed by atoms with van der Waals surface area (Å²) in [4.78, 5) is 11.5. The van der Waals surface area contributed by atoms with Crippen LogP contribution in [0, 0.1) is 6.92 Å². The van der Waals surface area contributed by atoms with E-state index in [0.29, 0.717) is 5.95 Å². The normalized spacial score (nSPS) is 14.5. The van der Waals surface area contributed by atoms with Gasteiger partial charge in [-0.15, -0.1) is 0 Å². The molecule has 1 N–H and O–H groups in total. The highest BCUT2D eigenvalue weighted by Crippen LogP contribution is 2.21. The van der Waals surface area contributed by atoms with Crippen molar-refractivity contribution in [3.05, 3.63) is 41.6 Å². The van der Waals surface area contributed by atoms with Gasteiger partial charge in [0.2, 0.25) is 5.95 Å². The Morgan fingerprint density at radius 3 is 2.48 bits per heavy atom. The minimum absolute atomic E-state index is 0.682. The van der Waals surface area contributed by atoms with Crippen LogP contribution in [0.2, 0.25) is 0 Å². The van der Waals surface area contributed by atoms with Crippen LogP contribution < -0.4 is 10.2 Å². The Morgan fingerprint density at radius 1 is 1.10 bits per heavy atom. The molecule has 0 bridgehead atoms. The quantitative estimate of drug-likeness (QED) is 0.928. The molecule has 0 saturated carbocycles. The lowest BCUT2D eigenvalue weighted by molar-refractivity contribution is 0.923. The topological polar surface area (TPSA) is 41.1 Å². The number of rotatable bonds is 4. The molecule has 4 nitrogen and oxygen atoms in total. The highest BCUT2D eigenvalue weighted by atomic mass is 15.2. The van der Waals surface area contributed by atoms with Crippen LogP contribution in [-0.4, -0.2) is 23.1 Å². The van der Waals surface area contributed by atoms with Gasteiger partial charge in [0.15, 0.2) is 0 Å². The second-order valence-corrected chi connectivity index (χ2v) is 5.56. The van der Waals surface area contributed by atoms with E-state index in [4.69, 9.17) is 0 Å². The van der Waals surface area contributed by atoms with E-state index in [1.165, 1.54) is 18.4 Å². The minimum atomic E-state index is 0.682. The van der Waals surface area contributed by atoms with Gasteiger partial charge in [-0.2, -0.15) is 4.98 Å². The van der Waals surface area contributed by atoms with E-state index in [1.807, 2.05) is 6.92 Å². The summed E-state index contributed by atoms with van der Waals surface area (Å²) in [5, 5.41) is 3.31. The van der Waals surface area contributed by atoms with Crippen LogP contribution in [-0.2, 0) is 6.42 Å². The summed E-state index contributed by atoms with van der Waals surface area (Å²) in [6.07, 6.45) is 3.56. The zero-order valence-corrected chi connectivity index (χ0v) is 12.8. The molecule has 110 valence electrons. The lowest BCUT2D eigenvalue weighted by atomic mass is 10.1. The van der Waals surface area contributed by atoms with Crippen molar-refractivity contribution >= 4 is 17.5 Å². The van der Waals surface area contributed by atoms with Gasteiger partial charge in [-0.3, -0.25) is 0 Å². The Hall–Kier alpha value is -2.10. The van der Waals surface area contributed by atoms with Crippen molar-refractivity contribution in [2.45, 2.75) is 33.1 Å². The van der Waals surface area contributed by atoms with E-state index in [-0.39, 0.29) is 0 Å². The summed E-state index contributed by atoms with van der Waals surface area (Å²) in [7, 11) is 0. The second kappa shape index (κ2) is 6.12. The number of nitrogens with zero attached hydrogens (tertiary/aromatic N) is 3. The van der Waals surface area contributed by atoms with E-state index in [1.54, 1.807) is 0 Å². The Morgan fingerprint density at radius 2 is 1.81 bits per heavy atom. The molecule has 0 unspecified atom stereocenters. The molecule has 0 radical (unpaired) electrons. The average Bonchev–Trinajstić information content (AvgIpc) is 3.02. The van der Waals surface area contributed by atoms with Crippen molar-refractivity contribution in [1.29, 1.82) is 0 Å². The maximum Gasteiger partial charge on any atom is 0.229 e. The lowest BCUT2D eigenvalue weighted by Gasteiger charge is -2.17. The van der Waals surface area contributed by atoms with E-state index in [2.05, 4.69) is 57.4 Å². The largest absolute Gasteiger partial charge is 0.356 e. The van der Waals surface area contributed by atoms with Crippen molar-refractivity contribution in [2.24, 2.45) is 0 Å². The van der Waals surface area contributed by atoms with Gasteiger partial charge in [-0.1, -0.05) is 19.1 Å². The van der Waals surface area contributed by atoms with Crippen molar-refractivity contribution in [2.75, 3.05) is 23.3 Å². The molecule has 1 saturated heterocycles. The van der Waals surface area contributed by atoms with Crippen LogP contribution in [0.15, 0.2) is 30.3 Å². The highest BCUT2D eigenvalue weighted by Gasteiger charge is 2.15. The van der Waals surface area contributed by atoms with E-state index >= 15 is 0 Å². The molecule has 0 atom stereocenters. The summed E-state index contributed by atoms with van der Waals surface area (Å²) in [6, 6.07) is 10.5. The molecule has 2 heterocycles. The summed E-state index contributed by atoms with van der Waals surface area (Å²) in [5.41, 5.74) is 3.37. The van der Waals surface area contributed by atoms with Gasteiger partial charge in [0.05, 0.1) is 0 Å². The molecule has 1 aromatic carbocycles. The molecule has 0 amide bonds. The molecule has 1 aliphatic rings. The zero-order valence-electron chi connectivity index (χ0n) is 12.8. The third-order valence-corrected chi connectivity index (χ3v) is 3.89. The molecule has 0 spiro atoms. The Kier molecular flexibility index (Phi) is 4.04. The molecule has 0 aliphatic carbocycles. The predicted octanol–water partition coefficient (Wildman–Crippen LogP) is 3.69. The number of aromatic nitrogens is 2. The van der Waals surface area contributed by atoms with Crippen LogP contribution in [0.1, 0.15) is 31.0 Å². The molecular formula is C17H22N4. The van der Waals surface area contributed by atoms with Crippen LogP contribution >= 0.6 is 0 Å². The van der Waals surface area contributed by atoms with Crippen molar-refractivity contribution in [3.8, 4) is 0 Å². The zero-order chi connectivity index (χ0) is 14.7. The third-order valence-electron chi connectivity index (χ3n) is 3.89. The molecule has 21 heavy (non-hydrogen) atoms. The third kappa shape index (κ3) is 3.32. The lowest BCUT2D eigenvalue weighted by Crippen LogP contribution is -2.19. The first-order chi connectivity index (χ1) is 10.2. The fourth-order valence-corrected chi connectivity index (χ4v) is 2.67. The fourth-order valence-electron chi connectivity index (χ4n) is 2.67. The van der Waals surface area contributed by atoms with Crippen LogP contribution in [0.3, 0.4) is 0 Å². The van der Waals surface area contributed by atoms with Gasteiger partial charge in [0.25, 0.3) is 0 Å². The van der Waals surface area contributed by atoms with Crippen molar-refractivity contribution in [3.63, 3.8) is 0 Å². The van der Waals surface area contributed by atoms with Gasteiger partial charge in [-0.05, 0) is 43.9 Å². The van der Waals surface area contributed by atoms with Gasteiger partial charge in [0.1, 0.15) is 5.82 Å². The molecule has 1 aromatic heterocycles. The monoisotopic (exact) mass is 282 g/mol. The number of anilines is 3. The van der Waals surface area contributed by atoms with E-state index < -0.39 is 0 Å². The van der Waals surface area contributed by atoms with Crippen LogP contribution in [0.25, 0.3) is 0 Å². The maximum absolute atomic E-state index is 4.66. The number of hydrogen-bond acceptors (Lipinski definition) is 4. The molecule has 1 fully saturated rings. The number of aryl methyl sites for hydroxylation is 2. The SMILES string of the molecule is CCc1ccc(Nc2nc(C)cc(N3CCCC3)n2)cc1. The fraction of sp³-hybridized carbons (Fsp3) is 0.412. The molecule has 4 heteroatoms. The molecule has 2 aromatic rings. The minimum Gasteiger partial charge on any atom is -0.356 e. The maximum atomic E-state index is 4.66. The molecular weight excluding hydrogens is 260 g/mol. The molecule has 3 rings (SSSR count). The Labute approximate surface area is 126 Å².